The van der Waals surface area contributed by atoms with E-state index in [1.807, 2.05) is 24.3 Å². The Kier molecular flexibility index (Phi) is 8.22. The molecule has 12 aromatic rings. The van der Waals surface area contributed by atoms with Crippen LogP contribution in [0.2, 0.25) is 0 Å². The molecular weight excluding hydrogens is 775 g/mol. The third-order valence-corrected chi connectivity index (χ3v) is 13.1. The van der Waals surface area contributed by atoms with Gasteiger partial charge in [-0.15, -0.1) is 0 Å². The number of nitrogens with zero attached hydrogens (tertiary/aromatic N) is 3. The monoisotopic (exact) mass is 811 g/mol. The topological polar surface area (TPSA) is 38.7 Å². The first-order valence-corrected chi connectivity index (χ1v) is 21.9. The first-order valence-electron chi connectivity index (χ1n) is 21.9. The van der Waals surface area contributed by atoms with Crippen LogP contribution in [0, 0.1) is 0 Å². The molecule has 1 aliphatic carbocycles. The van der Waals surface area contributed by atoms with Crippen molar-refractivity contribution >= 4 is 43.1 Å². The average molecular weight is 812 g/mol. The fourth-order valence-corrected chi connectivity index (χ4v) is 10.3. The minimum Gasteiger partial charge on any atom is -0.208 e. The Labute approximate surface area is 370 Å². The molecule has 1 aromatic heterocycles. The highest BCUT2D eigenvalue weighted by molar-refractivity contribution is 6.27. The summed E-state index contributed by atoms with van der Waals surface area (Å²) in [6, 6.07) is 80.5. The lowest BCUT2D eigenvalue weighted by atomic mass is 9.83. The van der Waals surface area contributed by atoms with E-state index in [0.29, 0.717) is 17.5 Å². The van der Waals surface area contributed by atoms with Gasteiger partial charge >= 0.3 is 0 Å². The maximum Gasteiger partial charge on any atom is 0.164 e. The van der Waals surface area contributed by atoms with Crippen LogP contribution in [0.5, 0.6) is 0 Å². The third kappa shape index (κ3) is 5.58. The minimum atomic E-state index is 0.633. The van der Waals surface area contributed by atoms with Crippen LogP contribution in [0.25, 0.3) is 133 Å². The molecule has 3 nitrogen and oxygen atoms in total. The Balaban J connectivity index is 1.04. The van der Waals surface area contributed by atoms with Gasteiger partial charge in [-0.05, 0) is 105 Å². The molecular formula is C61H37N3. The number of hydrogen-bond acceptors (Lipinski definition) is 3. The van der Waals surface area contributed by atoms with Gasteiger partial charge < -0.3 is 0 Å². The Hall–Kier alpha value is -8.53. The molecule has 0 radical (unpaired) electrons. The van der Waals surface area contributed by atoms with Crippen molar-refractivity contribution in [2.45, 2.75) is 0 Å². The fourth-order valence-electron chi connectivity index (χ4n) is 10.3. The van der Waals surface area contributed by atoms with Gasteiger partial charge in [0.2, 0.25) is 0 Å². The summed E-state index contributed by atoms with van der Waals surface area (Å²) >= 11 is 0. The van der Waals surface area contributed by atoms with Gasteiger partial charge in [0.05, 0.1) is 0 Å². The average Bonchev–Trinajstić information content (AvgIpc) is 3.70. The van der Waals surface area contributed by atoms with Crippen molar-refractivity contribution in [3.63, 3.8) is 0 Å². The SMILES string of the molecule is c1ccc(-c2nc(-c3ccccc3-c3ccccc3)nc(-c3ccc(-c4c5ccccc5c(-c5ccc6c7c(cccc57)-c5ccccc5-6)c5ccccc45)c4ccccc34)n2)cc1. The highest BCUT2D eigenvalue weighted by Crippen LogP contribution is 2.52. The van der Waals surface area contributed by atoms with E-state index in [9.17, 15) is 0 Å². The number of rotatable bonds is 6. The fraction of sp³-hybridized carbons (Fsp3) is 0. The Morgan fingerprint density at radius 2 is 0.547 bits per heavy atom. The van der Waals surface area contributed by atoms with E-state index in [0.717, 1.165) is 38.6 Å². The van der Waals surface area contributed by atoms with E-state index >= 15 is 0 Å². The van der Waals surface area contributed by atoms with Crippen LogP contribution in [0.1, 0.15) is 0 Å². The maximum absolute atomic E-state index is 5.32. The molecule has 64 heavy (non-hydrogen) atoms. The van der Waals surface area contributed by atoms with E-state index in [4.69, 9.17) is 15.0 Å². The molecule has 3 heteroatoms. The lowest BCUT2D eigenvalue weighted by Gasteiger charge is -2.20. The zero-order valence-electron chi connectivity index (χ0n) is 34.7. The number of benzene rings is 11. The van der Waals surface area contributed by atoms with Crippen LogP contribution in [0.15, 0.2) is 224 Å². The summed E-state index contributed by atoms with van der Waals surface area (Å²) in [5.41, 5.74) is 15.2. The van der Waals surface area contributed by atoms with Gasteiger partial charge in [-0.1, -0.05) is 218 Å². The van der Waals surface area contributed by atoms with Crippen molar-refractivity contribution < 1.29 is 0 Å². The number of fused-ring (bicyclic) bond motifs is 6. The maximum atomic E-state index is 5.32. The second-order valence-corrected chi connectivity index (χ2v) is 16.6. The highest BCUT2D eigenvalue weighted by atomic mass is 15.0. The van der Waals surface area contributed by atoms with Gasteiger partial charge in [-0.2, -0.15) is 0 Å². The standard InChI is InChI=1S/C61H37N3/c1-3-18-38(19-4-1)40-22-7-16-31-54(40)60-62-59(39-20-5-2-6-21-39)63-61(64-60)55-37-36-52(43-25-10-11-26-44(43)55)57-46-27-12-14-29-48(46)58(49-30-15-13-28-47(49)57)53-35-34-51-42-24-9-8-23-41(42)45-32-17-33-50(53)56(45)51/h1-37H. The Morgan fingerprint density at radius 1 is 0.188 bits per heavy atom. The summed E-state index contributed by atoms with van der Waals surface area (Å²) < 4.78 is 0. The van der Waals surface area contributed by atoms with Crippen LogP contribution < -0.4 is 0 Å². The van der Waals surface area contributed by atoms with Crippen molar-refractivity contribution in [3.05, 3.63) is 224 Å². The quantitative estimate of drug-likeness (QED) is 0.157. The molecule has 0 aliphatic heterocycles. The lowest BCUT2D eigenvalue weighted by Crippen LogP contribution is -2.01. The summed E-state index contributed by atoms with van der Waals surface area (Å²) in [4.78, 5) is 15.7. The molecule has 0 atom stereocenters. The van der Waals surface area contributed by atoms with Crippen LogP contribution in [0.4, 0.5) is 0 Å². The van der Waals surface area contributed by atoms with Gasteiger partial charge in [0.1, 0.15) is 0 Å². The highest BCUT2D eigenvalue weighted by Gasteiger charge is 2.25. The zero-order valence-corrected chi connectivity index (χ0v) is 34.7. The largest absolute Gasteiger partial charge is 0.208 e. The molecule has 1 aliphatic rings. The molecule has 0 bridgehead atoms. The van der Waals surface area contributed by atoms with Gasteiger partial charge in [0.25, 0.3) is 0 Å². The molecule has 13 rings (SSSR count). The molecule has 0 N–H and O–H groups in total. The lowest BCUT2D eigenvalue weighted by molar-refractivity contribution is 1.08. The summed E-state index contributed by atoms with van der Waals surface area (Å²) in [5, 5.41) is 9.72. The first kappa shape index (κ1) is 36.2. The second kappa shape index (κ2) is 14.5. The van der Waals surface area contributed by atoms with E-state index in [1.54, 1.807) is 0 Å². The van der Waals surface area contributed by atoms with Crippen LogP contribution in [0.3, 0.4) is 0 Å². The van der Waals surface area contributed by atoms with Crippen LogP contribution in [-0.4, -0.2) is 15.0 Å². The first-order chi connectivity index (χ1) is 31.8. The molecule has 0 saturated heterocycles. The van der Waals surface area contributed by atoms with E-state index in [1.165, 1.54) is 76.8 Å². The van der Waals surface area contributed by atoms with E-state index in [-0.39, 0.29) is 0 Å². The second-order valence-electron chi connectivity index (χ2n) is 16.6. The molecule has 0 unspecified atom stereocenters. The smallest absolute Gasteiger partial charge is 0.164 e. The Morgan fingerprint density at radius 3 is 1.14 bits per heavy atom. The van der Waals surface area contributed by atoms with E-state index < -0.39 is 0 Å². The van der Waals surface area contributed by atoms with Crippen molar-refractivity contribution in [1.82, 2.24) is 15.0 Å². The summed E-state index contributed by atoms with van der Waals surface area (Å²) in [5.74, 6) is 1.90. The van der Waals surface area contributed by atoms with Crippen molar-refractivity contribution in [2.75, 3.05) is 0 Å². The molecule has 11 aromatic carbocycles. The minimum absolute atomic E-state index is 0.633. The summed E-state index contributed by atoms with van der Waals surface area (Å²) in [7, 11) is 0. The van der Waals surface area contributed by atoms with Crippen molar-refractivity contribution in [1.29, 1.82) is 0 Å². The molecule has 0 fully saturated rings. The predicted octanol–water partition coefficient (Wildman–Crippen LogP) is 16.1. The molecule has 0 spiro atoms. The van der Waals surface area contributed by atoms with E-state index in [2.05, 4.69) is 200 Å². The van der Waals surface area contributed by atoms with Crippen LogP contribution in [-0.2, 0) is 0 Å². The number of aromatic nitrogens is 3. The van der Waals surface area contributed by atoms with Crippen molar-refractivity contribution in [2.24, 2.45) is 0 Å². The molecule has 0 saturated carbocycles. The molecule has 0 amide bonds. The zero-order chi connectivity index (χ0) is 42.1. The summed E-state index contributed by atoms with van der Waals surface area (Å²) in [6.07, 6.45) is 0. The van der Waals surface area contributed by atoms with Gasteiger partial charge in [-0.3, -0.25) is 0 Å². The number of hydrogen-bond donors (Lipinski definition) is 0. The van der Waals surface area contributed by atoms with Gasteiger partial charge in [-0.25, -0.2) is 15.0 Å². The van der Waals surface area contributed by atoms with Crippen molar-refractivity contribution in [3.8, 4) is 89.8 Å². The van der Waals surface area contributed by atoms with Crippen LogP contribution >= 0.6 is 0 Å². The molecule has 1 heterocycles. The summed E-state index contributed by atoms with van der Waals surface area (Å²) in [6.45, 7) is 0. The predicted molar refractivity (Wildman–Crippen MR) is 267 cm³/mol. The normalized spacial score (nSPS) is 11.8. The Bertz CT molecular complexity index is 3750. The van der Waals surface area contributed by atoms with Gasteiger partial charge in [0.15, 0.2) is 17.5 Å². The molecule has 296 valence electrons. The third-order valence-electron chi connectivity index (χ3n) is 13.1. The van der Waals surface area contributed by atoms with Gasteiger partial charge in [0, 0.05) is 16.7 Å².